The molecule has 4 heterocycles. The topological polar surface area (TPSA) is 65.5 Å². The van der Waals surface area contributed by atoms with Gasteiger partial charge in [-0.05, 0) is 48.2 Å². The fourth-order valence-corrected chi connectivity index (χ4v) is 7.02. The molecule has 2 fully saturated rings. The van der Waals surface area contributed by atoms with Gasteiger partial charge < -0.3 is 9.64 Å². The molecule has 7 nitrogen and oxygen atoms in total. The van der Waals surface area contributed by atoms with Crippen LogP contribution >= 0.6 is 22.7 Å². The highest BCUT2D eigenvalue weighted by Gasteiger charge is 2.37. The van der Waals surface area contributed by atoms with Crippen LogP contribution in [0.5, 0.6) is 0 Å². The number of hydrazone groups is 1. The van der Waals surface area contributed by atoms with Gasteiger partial charge in [-0.3, -0.25) is 14.5 Å². The van der Waals surface area contributed by atoms with Gasteiger partial charge in [-0.2, -0.15) is 5.10 Å². The summed E-state index contributed by atoms with van der Waals surface area (Å²) in [6.45, 7) is 6.72. The summed E-state index contributed by atoms with van der Waals surface area (Å²) in [6.07, 6.45) is 4.77. The molecule has 1 atom stereocenters. The molecular formula is C26H34N4O3S2. The number of carbonyl (C=O) groups excluding carboxylic acids is 2. The van der Waals surface area contributed by atoms with Crippen LogP contribution < -0.4 is 0 Å². The molecule has 5 rings (SSSR count). The van der Waals surface area contributed by atoms with Crippen LogP contribution in [-0.2, 0) is 14.3 Å². The summed E-state index contributed by atoms with van der Waals surface area (Å²) >= 11 is 3.33. The number of aryl methyl sites for hydroxylation is 1. The van der Waals surface area contributed by atoms with Crippen molar-refractivity contribution in [3.05, 3.63) is 44.3 Å². The molecule has 9 heteroatoms. The van der Waals surface area contributed by atoms with Crippen LogP contribution in [-0.4, -0.2) is 78.3 Å². The van der Waals surface area contributed by atoms with E-state index in [1.807, 2.05) is 16.3 Å². The smallest absolute Gasteiger partial charge is 0.262 e. The van der Waals surface area contributed by atoms with Gasteiger partial charge in [0.2, 0.25) is 5.91 Å². The Kier molecular flexibility index (Phi) is 7.97. The van der Waals surface area contributed by atoms with Crippen molar-refractivity contribution in [2.24, 2.45) is 11.0 Å². The maximum Gasteiger partial charge on any atom is 0.262 e. The van der Waals surface area contributed by atoms with Gasteiger partial charge in [0, 0.05) is 43.4 Å². The van der Waals surface area contributed by atoms with E-state index in [-0.39, 0.29) is 30.3 Å². The Balaban J connectivity index is 1.34. The lowest BCUT2D eigenvalue weighted by Crippen LogP contribution is -2.47. The van der Waals surface area contributed by atoms with E-state index in [4.69, 9.17) is 9.84 Å². The fraction of sp³-hybridized carbons (Fsp3) is 0.577. The minimum atomic E-state index is -0.109. The summed E-state index contributed by atoms with van der Waals surface area (Å²) in [5, 5.41) is 10.6. The van der Waals surface area contributed by atoms with Crippen molar-refractivity contribution in [3.63, 3.8) is 0 Å². The van der Waals surface area contributed by atoms with Crippen LogP contribution in [0, 0.1) is 12.8 Å². The molecule has 35 heavy (non-hydrogen) atoms. The van der Waals surface area contributed by atoms with Crippen molar-refractivity contribution < 1.29 is 14.3 Å². The van der Waals surface area contributed by atoms with Crippen molar-refractivity contribution in [2.45, 2.75) is 45.1 Å². The van der Waals surface area contributed by atoms with E-state index < -0.39 is 0 Å². The molecule has 2 amide bonds. The number of ether oxygens (including phenoxy) is 1. The highest BCUT2D eigenvalue weighted by atomic mass is 32.1. The second-order valence-electron chi connectivity index (χ2n) is 9.65. The number of carbonyl (C=O) groups is 2. The Morgan fingerprint density at radius 1 is 1.14 bits per heavy atom. The molecule has 0 radical (unpaired) electrons. The first-order chi connectivity index (χ1) is 17.1. The number of morpholine rings is 1. The van der Waals surface area contributed by atoms with Crippen molar-refractivity contribution in [2.75, 3.05) is 45.9 Å². The van der Waals surface area contributed by atoms with E-state index in [0.29, 0.717) is 13.0 Å². The molecule has 0 N–H and O–H groups in total. The summed E-state index contributed by atoms with van der Waals surface area (Å²) in [4.78, 5) is 33.6. The van der Waals surface area contributed by atoms with Gasteiger partial charge in [-0.25, -0.2) is 5.01 Å². The predicted molar refractivity (Wildman–Crippen MR) is 140 cm³/mol. The zero-order valence-electron chi connectivity index (χ0n) is 20.4. The highest BCUT2D eigenvalue weighted by Crippen LogP contribution is 2.38. The second-order valence-corrected chi connectivity index (χ2v) is 11.5. The van der Waals surface area contributed by atoms with E-state index in [1.165, 1.54) is 10.4 Å². The van der Waals surface area contributed by atoms with E-state index in [1.54, 1.807) is 27.7 Å². The number of hydrogen-bond acceptors (Lipinski definition) is 7. The SMILES string of the molecule is Cc1ccsc1[C@@H]1CC(c2cccs2)=NN1C(=O)CN(CCN1CCOCC1)C(=O)C1CCCC1. The molecule has 0 spiro atoms. The predicted octanol–water partition coefficient (Wildman–Crippen LogP) is 4.15. The van der Waals surface area contributed by atoms with Crippen molar-refractivity contribution >= 4 is 40.2 Å². The maximum atomic E-state index is 13.8. The molecule has 0 bridgehead atoms. The van der Waals surface area contributed by atoms with Crippen LogP contribution in [0.4, 0.5) is 0 Å². The Bertz CT molecular complexity index is 1040. The van der Waals surface area contributed by atoms with Crippen molar-refractivity contribution in [3.8, 4) is 0 Å². The lowest BCUT2D eigenvalue weighted by Gasteiger charge is -2.32. The zero-order valence-corrected chi connectivity index (χ0v) is 22.0. The highest BCUT2D eigenvalue weighted by molar-refractivity contribution is 7.12. The molecule has 2 aliphatic heterocycles. The standard InChI is InChI=1S/C26H34N4O3S2/c1-19-8-16-35-25(19)22-17-21(23-7-4-15-34-23)27-30(22)24(31)18-29(26(32)20-5-2-3-6-20)10-9-28-11-13-33-14-12-28/h4,7-8,15-16,20,22H,2-3,5-6,9-14,17-18H2,1H3/t22-/m0/s1. The van der Waals surface area contributed by atoms with Crippen LogP contribution in [0.1, 0.15) is 53.5 Å². The number of nitrogens with zero attached hydrogens (tertiary/aromatic N) is 4. The first-order valence-electron chi connectivity index (χ1n) is 12.7. The lowest BCUT2D eigenvalue weighted by atomic mass is 10.1. The van der Waals surface area contributed by atoms with Crippen molar-refractivity contribution in [1.29, 1.82) is 0 Å². The van der Waals surface area contributed by atoms with Gasteiger partial charge in [0.15, 0.2) is 0 Å². The third kappa shape index (κ3) is 5.69. The Morgan fingerprint density at radius 2 is 1.94 bits per heavy atom. The van der Waals surface area contributed by atoms with Crippen LogP contribution in [0.15, 0.2) is 34.1 Å². The molecule has 188 valence electrons. The molecule has 1 saturated heterocycles. The largest absolute Gasteiger partial charge is 0.379 e. The third-order valence-corrected chi connectivity index (χ3v) is 9.35. The average molecular weight is 515 g/mol. The molecule has 0 aromatic carbocycles. The van der Waals surface area contributed by atoms with E-state index in [9.17, 15) is 9.59 Å². The fourth-order valence-electron chi connectivity index (χ4n) is 5.28. The van der Waals surface area contributed by atoms with Gasteiger partial charge in [0.05, 0.1) is 29.8 Å². The van der Waals surface area contributed by atoms with Gasteiger partial charge in [-0.15, -0.1) is 22.7 Å². The molecular weight excluding hydrogens is 480 g/mol. The van der Waals surface area contributed by atoms with Crippen molar-refractivity contribution in [1.82, 2.24) is 14.8 Å². The van der Waals surface area contributed by atoms with Gasteiger partial charge >= 0.3 is 0 Å². The summed E-state index contributed by atoms with van der Waals surface area (Å²) in [5.74, 6) is 0.0869. The third-order valence-electron chi connectivity index (χ3n) is 7.31. The monoisotopic (exact) mass is 514 g/mol. The summed E-state index contributed by atoms with van der Waals surface area (Å²) in [7, 11) is 0. The minimum absolute atomic E-state index is 0.0478. The Hall–Kier alpha value is -2.07. The number of hydrogen-bond donors (Lipinski definition) is 0. The molecule has 2 aromatic rings. The Labute approximate surface area is 215 Å². The van der Waals surface area contributed by atoms with Crippen LogP contribution in [0.3, 0.4) is 0 Å². The quantitative estimate of drug-likeness (QED) is 0.531. The normalized spacial score (nSPS) is 21.5. The first kappa shape index (κ1) is 24.6. The molecule has 3 aliphatic rings. The average Bonchev–Trinajstić information content (AvgIpc) is 3.68. The molecule has 0 unspecified atom stereocenters. The van der Waals surface area contributed by atoms with E-state index >= 15 is 0 Å². The van der Waals surface area contributed by atoms with E-state index in [0.717, 1.165) is 69.1 Å². The molecule has 1 aliphatic carbocycles. The van der Waals surface area contributed by atoms with Crippen LogP contribution in [0.25, 0.3) is 0 Å². The van der Waals surface area contributed by atoms with E-state index in [2.05, 4.69) is 29.3 Å². The zero-order chi connectivity index (χ0) is 24.2. The summed E-state index contributed by atoms with van der Waals surface area (Å²) < 4.78 is 5.47. The number of amides is 2. The Morgan fingerprint density at radius 3 is 2.63 bits per heavy atom. The molecule has 2 aromatic heterocycles. The first-order valence-corrected chi connectivity index (χ1v) is 14.4. The molecule has 1 saturated carbocycles. The minimum Gasteiger partial charge on any atom is -0.379 e. The van der Waals surface area contributed by atoms with Gasteiger partial charge in [0.1, 0.15) is 6.54 Å². The van der Waals surface area contributed by atoms with Gasteiger partial charge in [0.25, 0.3) is 5.91 Å². The van der Waals surface area contributed by atoms with Gasteiger partial charge in [-0.1, -0.05) is 18.9 Å². The number of thiophene rings is 2. The maximum absolute atomic E-state index is 13.8. The lowest BCUT2D eigenvalue weighted by molar-refractivity contribution is -0.144. The van der Waals surface area contributed by atoms with Crippen LogP contribution in [0.2, 0.25) is 0 Å². The summed E-state index contributed by atoms with van der Waals surface area (Å²) in [5.41, 5.74) is 2.14. The number of rotatable bonds is 8. The summed E-state index contributed by atoms with van der Waals surface area (Å²) in [6, 6.07) is 6.08. The second kappa shape index (κ2) is 11.3.